The number of carbonyl (C=O) groups excluding carboxylic acids is 1. The summed E-state index contributed by atoms with van der Waals surface area (Å²) in [7, 11) is -3.67. The number of anilines is 1. The molecule has 1 amide bonds. The summed E-state index contributed by atoms with van der Waals surface area (Å²) in [5, 5.41) is 12.4. The molecule has 0 bridgehead atoms. The van der Waals surface area contributed by atoms with Gasteiger partial charge in [0.05, 0.1) is 11.5 Å². The average Bonchev–Trinajstić information content (AvgIpc) is 3.31. The minimum absolute atomic E-state index is 0.142. The van der Waals surface area contributed by atoms with E-state index >= 15 is 0 Å². The van der Waals surface area contributed by atoms with E-state index in [1.54, 1.807) is 10.8 Å². The lowest BCUT2D eigenvalue weighted by Gasteiger charge is -2.24. The number of hydrogen-bond donors (Lipinski definition) is 1. The van der Waals surface area contributed by atoms with Crippen LogP contribution in [-0.2, 0) is 21.3 Å². The Kier molecular flexibility index (Phi) is 9.00. The van der Waals surface area contributed by atoms with E-state index in [9.17, 15) is 18.5 Å². The summed E-state index contributed by atoms with van der Waals surface area (Å²) < 4.78 is 31.2. The van der Waals surface area contributed by atoms with E-state index in [-0.39, 0.29) is 35.7 Å². The number of benzene rings is 1. The highest BCUT2D eigenvalue weighted by Gasteiger charge is 2.26. The Morgan fingerprint density at radius 2 is 2.05 bits per heavy atom. The Morgan fingerprint density at radius 1 is 1.27 bits per heavy atom. The van der Waals surface area contributed by atoms with Gasteiger partial charge in [0.2, 0.25) is 5.82 Å². The zero-order valence-electron chi connectivity index (χ0n) is 21.7. The van der Waals surface area contributed by atoms with Crippen molar-refractivity contribution in [1.29, 1.82) is 5.26 Å². The van der Waals surface area contributed by atoms with Crippen molar-refractivity contribution in [2.45, 2.75) is 70.3 Å². The zero-order valence-corrected chi connectivity index (χ0v) is 23.7. The van der Waals surface area contributed by atoms with Gasteiger partial charge in [0, 0.05) is 32.9 Å². The van der Waals surface area contributed by atoms with E-state index in [0.717, 1.165) is 42.9 Å². The van der Waals surface area contributed by atoms with Crippen LogP contribution >= 0.6 is 0 Å². The van der Waals surface area contributed by atoms with Crippen LogP contribution in [0.1, 0.15) is 71.9 Å². The van der Waals surface area contributed by atoms with Gasteiger partial charge in [-0.3, -0.25) is 4.79 Å². The first-order chi connectivity index (χ1) is 17.8. The lowest BCUT2D eigenvalue weighted by atomic mass is 9.87. The molecule has 0 atom stereocenters. The molecule has 4 rings (SSSR count). The van der Waals surface area contributed by atoms with Crippen molar-refractivity contribution in [3.8, 4) is 6.07 Å². The molecule has 2 heterocycles. The molecule has 198 valence electrons. The summed E-state index contributed by atoms with van der Waals surface area (Å²) in [6, 6.07) is 9.10. The van der Waals surface area contributed by atoms with Crippen LogP contribution in [-0.4, -0.2) is 50.8 Å². The summed E-state index contributed by atoms with van der Waals surface area (Å²) in [5.41, 5.74) is 4.17. The molecule has 1 aromatic heterocycles. The Hall–Kier alpha value is -2.74. The van der Waals surface area contributed by atoms with Crippen LogP contribution in [0.3, 0.4) is 0 Å². The number of ether oxygens (including phenoxy) is 1. The second-order valence-electron chi connectivity index (χ2n) is 10.4. The third kappa shape index (κ3) is 7.18. The number of hydrogen-bond acceptors (Lipinski definition) is 6. The molecule has 1 fully saturated rings. The second-order valence-corrected chi connectivity index (χ2v) is 16.1. The van der Waals surface area contributed by atoms with E-state index in [1.807, 2.05) is 18.2 Å². The van der Waals surface area contributed by atoms with Crippen molar-refractivity contribution in [3.63, 3.8) is 0 Å². The first-order valence-corrected chi connectivity index (χ1v) is 18.1. The van der Waals surface area contributed by atoms with Crippen LogP contribution in [0.5, 0.6) is 0 Å². The summed E-state index contributed by atoms with van der Waals surface area (Å²) in [6.45, 7) is 5.30. The van der Waals surface area contributed by atoms with Gasteiger partial charge in [-0.25, -0.2) is 13.4 Å². The molecule has 1 N–H and O–H groups in total. The summed E-state index contributed by atoms with van der Waals surface area (Å²) >= 11 is 0. The molecule has 1 aliphatic heterocycles. The molecule has 1 saturated heterocycles. The van der Waals surface area contributed by atoms with Gasteiger partial charge in [-0.2, -0.15) is 5.26 Å². The minimum atomic E-state index is -2.94. The van der Waals surface area contributed by atoms with Gasteiger partial charge >= 0.3 is 0 Å². The Labute approximate surface area is 221 Å². The Bertz CT molecular complexity index is 1300. The molecule has 2 aromatic rings. The molecular weight excluding hydrogens is 504 g/mol. The van der Waals surface area contributed by atoms with E-state index in [1.165, 1.54) is 5.57 Å². The average molecular weight is 541 g/mol. The minimum Gasteiger partial charge on any atom is -0.361 e. The third-order valence-electron chi connectivity index (χ3n) is 7.12. The number of rotatable bonds is 9. The number of nitriles is 1. The maximum Gasteiger partial charge on any atom is 0.291 e. The number of imidazole rings is 1. The molecule has 8 nitrogen and oxygen atoms in total. The highest BCUT2D eigenvalue weighted by Crippen LogP contribution is 2.37. The van der Waals surface area contributed by atoms with Crippen LogP contribution in [0.2, 0.25) is 19.1 Å². The van der Waals surface area contributed by atoms with E-state index in [4.69, 9.17) is 4.74 Å². The molecule has 0 spiro atoms. The van der Waals surface area contributed by atoms with E-state index < -0.39 is 24.5 Å². The standard InChI is InChI=1S/C27H36N4O4SSi/c1-37(2)15-12-35-19-31-18-23(17-28)29-26(31)27(32)30-25-9-8-22(20-10-13-36(33,34)14-11-20)16-24(25)21-6-4-3-5-7-21/h6,8-9,16,18,20,37H,3-5,7,10-15,19H2,1-2H3,(H,30,32). The first-order valence-electron chi connectivity index (χ1n) is 13.2. The van der Waals surface area contributed by atoms with Crippen LogP contribution in [0.15, 0.2) is 30.5 Å². The third-order valence-corrected chi connectivity index (χ3v) is 10.2. The molecule has 1 aromatic carbocycles. The number of sulfone groups is 1. The molecular formula is C27H36N4O4SSi. The highest BCUT2D eigenvalue weighted by atomic mass is 32.2. The summed E-state index contributed by atoms with van der Waals surface area (Å²) in [4.78, 5) is 17.6. The van der Waals surface area contributed by atoms with Crippen LogP contribution < -0.4 is 5.32 Å². The maximum absolute atomic E-state index is 13.4. The number of allylic oxidation sites excluding steroid dienone is 2. The fourth-order valence-electron chi connectivity index (χ4n) is 4.91. The van der Waals surface area contributed by atoms with Crippen LogP contribution in [0.25, 0.3) is 5.57 Å². The van der Waals surface area contributed by atoms with Gasteiger partial charge in [0.25, 0.3) is 5.91 Å². The van der Waals surface area contributed by atoms with Gasteiger partial charge in [-0.05, 0) is 73.8 Å². The van der Waals surface area contributed by atoms with Crippen molar-refractivity contribution in [3.05, 3.63) is 53.1 Å². The summed E-state index contributed by atoms with van der Waals surface area (Å²) in [6.07, 6.45) is 9.22. The van der Waals surface area contributed by atoms with Crippen molar-refractivity contribution in [2.75, 3.05) is 23.4 Å². The largest absolute Gasteiger partial charge is 0.361 e. The maximum atomic E-state index is 13.4. The number of carbonyl (C=O) groups is 1. The molecule has 2 aliphatic rings. The normalized spacial score (nSPS) is 17.8. The summed E-state index contributed by atoms with van der Waals surface area (Å²) in [5.74, 6) is 0.388. The van der Waals surface area contributed by atoms with Crippen LogP contribution in [0.4, 0.5) is 5.69 Å². The monoisotopic (exact) mass is 540 g/mol. The smallest absolute Gasteiger partial charge is 0.291 e. The van der Waals surface area contributed by atoms with Gasteiger partial charge in [0.15, 0.2) is 5.69 Å². The van der Waals surface area contributed by atoms with Crippen molar-refractivity contribution in [1.82, 2.24) is 9.55 Å². The SMILES string of the molecule is C[SiH](C)CCOCn1cc(C#N)nc1C(=O)Nc1ccc(C2CCS(=O)(=O)CC2)cc1C1=CCCCC1. The quantitative estimate of drug-likeness (QED) is 0.364. The first kappa shape index (κ1) is 27.3. The lowest BCUT2D eigenvalue weighted by Crippen LogP contribution is -2.22. The fourth-order valence-corrected chi connectivity index (χ4v) is 7.04. The van der Waals surface area contributed by atoms with Crippen LogP contribution in [0, 0.1) is 11.3 Å². The Morgan fingerprint density at radius 3 is 2.73 bits per heavy atom. The molecule has 1 aliphatic carbocycles. The van der Waals surface area contributed by atoms with Gasteiger partial charge in [0.1, 0.15) is 22.6 Å². The molecule has 10 heteroatoms. The van der Waals surface area contributed by atoms with Gasteiger partial charge < -0.3 is 14.6 Å². The fraction of sp³-hybridized carbons (Fsp3) is 0.519. The molecule has 37 heavy (non-hydrogen) atoms. The Balaban J connectivity index is 1.58. The molecule has 0 saturated carbocycles. The molecule has 0 unspecified atom stereocenters. The lowest BCUT2D eigenvalue weighted by molar-refractivity contribution is 0.0811. The highest BCUT2D eigenvalue weighted by molar-refractivity contribution is 7.91. The van der Waals surface area contributed by atoms with Crippen molar-refractivity contribution >= 4 is 35.8 Å². The van der Waals surface area contributed by atoms with Crippen molar-refractivity contribution < 1.29 is 17.9 Å². The van der Waals surface area contributed by atoms with E-state index in [2.05, 4.69) is 35.5 Å². The van der Waals surface area contributed by atoms with Gasteiger partial charge in [-0.15, -0.1) is 0 Å². The second kappa shape index (κ2) is 12.2. The predicted molar refractivity (Wildman–Crippen MR) is 148 cm³/mol. The number of aromatic nitrogens is 2. The molecule has 0 radical (unpaired) electrons. The number of amides is 1. The van der Waals surface area contributed by atoms with E-state index in [0.29, 0.717) is 25.1 Å². The predicted octanol–water partition coefficient (Wildman–Crippen LogP) is 4.72. The van der Waals surface area contributed by atoms with Gasteiger partial charge in [-0.1, -0.05) is 25.2 Å². The zero-order chi connectivity index (χ0) is 26.4. The topological polar surface area (TPSA) is 114 Å². The van der Waals surface area contributed by atoms with Crippen molar-refractivity contribution in [2.24, 2.45) is 0 Å². The number of nitrogens with zero attached hydrogens (tertiary/aromatic N) is 3. The number of nitrogens with one attached hydrogen (secondary N) is 1.